The van der Waals surface area contributed by atoms with Crippen molar-refractivity contribution in [2.45, 2.75) is 58.3 Å². The van der Waals surface area contributed by atoms with E-state index in [0.29, 0.717) is 0 Å². The van der Waals surface area contributed by atoms with Crippen LogP contribution in [0.1, 0.15) is 57.2 Å². The van der Waals surface area contributed by atoms with Crippen LogP contribution in [0.5, 0.6) is 0 Å². The van der Waals surface area contributed by atoms with Crippen molar-refractivity contribution in [2.24, 2.45) is 0 Å². The van der Waals surface area contributed by atoms with E-state index in [0.717, 1.165) is 55.8 Å². The number of thiophene rings is 1. The number of benzene rings is 7. The summed E-state index contributed by atoms with van der Waals surface area (Å²) in [6.07, 6.45) is 2.34. The van der Waals surface area contributed by atoms with Gasteiger partial charge in [0.2, 0.25) is 0 Å². The molecule has 4 aromatic heterocycles. The van der Waals surface area contributed by atoms with E-state index >= 15 is 0 Å². The SMILES string of the molecule is Cc1cc2c(cc1N1c3cc4c(oc5ccccc54)c4c3B(c3ccc5c(sc6ccccc65)c31)n1c3c-4cccc3c3oc4ccccc4c31)C(C)(C)CCC2(C)C. The van der Waals surface area contributed by atoms with Gasteiger partial charge in [0.25, 0.3) is 0 Å². The molecule has 4 nitrogen and oxygen atoms in total. The van der Waals surface area contributed by atoms with Crippen molar-refractivity contribution in [3.8, 4) is 11.1 Å². The average Bonchev–Trinajstić information content (AvgIpc) is 4.00. The van der Waals surface area contributed by atoms with Gasteiger partial charge in [0.1, 0.15) is 16.7 Å². The topological polar surface area (TPSA) is 34.5 Å². The van der Waals surface area contributed by atoms with Crippen LogP contribution in [0.25, 0.3) is 86.2 Å². The summed E-state index contributed by atoms with van der Waals surface area (Å²) in [6.45, 7) is 12.0. The fraction of sp³-hybridized carbons (Fsp3) is 0.170. The minimum absolute atomic E-state index is 0.0475. The molecule has 7 aromatic carbocycles. The third kappa shape index (κ3) is 3.92. The highest BCUT2D eigenvalue weighted by Gasteiger charge is 2.47. The molecule has 0 spiro atoms. The van der Waals surface area contributed by atoms with E-state index in [4.69, 9.17) is 8.83 Å². The second-order valence-corrected chi connectivity index (χ2v) is 19.7. The lowest BCUT2D eigenvalue weighted by Gasteiger charge is -2.44. The molecule has 2 aliphatic heterocycles. The van der Waals surface area contributed by atoms with E-state index in [1.54, 1.807) is 0 Å². The smallest absolute Gasteiger partial charge is 0.333 e. The molecule has 0 N–H and O–H groups in total. The molecule has 0 bridgehead atoms. The van der Waals surface area contributed by atoms with Crippen molar-refractivity contribution < 1.29 is 8.83 Å². The summed E-state index contributed by atoms with van der Waals surface area (Å²) >= 11 is 1.93. The highest BCUT2D eigenvalue weighted by Crippen LogP contribution is 2.55. The van der Waals surface area contributed by atoms with Gasteiger partial charge in [-0.25, -0.2) is 0 Å². The van der Waals surface area contributed by atoms with Crippen LogP contribution < -0.4 is 15.8 Å². The molecular weight excluding hydrogens is 739 g/mol. The average molecular weight is 779 g/mol. The number of para-hydroxylation sites is 3. The van der Waals surface area contributed by atoms with Crippen LogP contribution in [0, 0.1) is 6.92 Å². The fourth-order valence-corrected chi connectivity index (χ4v) is 12.8. The number of furan rings is 2. The van der Waals surface area contributed by atoms with Crippen LogP contribution in [0.3, 0.4) is 0 Å². The first-order valence-corrected chi connectivity index (χ1v) is 21.8. The first-order chi connectivity index (χ1) is 28.7. The van der Waals surface area contributed by atoms with Crippen molar-refractivity contribution in [2.75, 3.05) is 4.90 Å². The molecule has 0 atom stereocenters. The monoisotopic (exact) mass is 778 g/mol. The van der Waals surface area contributed by atoms with Crippen LogP contribution in [0.15, 0.2) is 130 Å². The van der Waals surface area contributed by atoms with Gasteiger partial charge in [-0.15, -0.1) is 11.3 Å². The minimum Gasteiger partial charge on any atom is -0.455 e. The van der Waals surface area contributed by atoms with Gasteiger partial charge in [0.05, 0.1) is 15.9 Å². The molecule has 14 rings (SSSR count). The molecule has 0 saturated carbocycles. The maximum absolute atomic E-state index is 7.03. The van der Waals surface area contributed by atoms with Gasteiger partial charge >= 0.3 is 6.85 Å². The van der Waals surface area contributed by atoms with Gasteiger partial charge in [-0.1, -0.05) is 107 Å². The second-order valence-electron chi connectivity index (χ2n) is 18.7. The molecule has 11 aromatic rings. The molecule has 0 amide bonds. The minimum atomic E-state index is -0.136. The Morgan fingerprint density at radius 2 is 1.27 bits per heavy atom. The zero-order valence-electron chi connectivity index (χ0n) is 33.7. The lowest BCUT2D eigenvalue weighted by Crippen LogP contribution is -2.56. The maximum atomic E-state index is 7.03. The Labute approximate surface area is 345 Å². The molecule has 0 saturated heterocycles. The number of hydrogen-bond acceptors (Lipinski definition) is 4. The lowest BCUT2D eigenvalue weighted by molar-refractivity contribution is 0.332. The van der Waals surface area contributed by atoms with E-state index in [-0.39, 0.29) is 17.7 Å². The summed E-state index contributed by atoms with van der Waals surface area (Å²) in [6, 6.07) is 45.3. The summed E-state index contributed by atoms with van der Waals surface area (Å²) in [7, 11) is 0. The Hall–Kier alpha value is -6.24. The Balaban J connectivity index is 1.22. The van der Waals surface area contributed by atoms with E-state index in [2.05, 4.69) is 165 Å². The van der Waals surface area contributed by atoms with Crippen LogP contribution >= 0.6 is 11.3 Å². The van der Waals surface area contributed by atoms with Crippen molar-refractivity contribution in [3.63, 3.8) is 0 Å². The van der Waals surface area contributed by atoms with Gasteiger partial charge in [-0.3, -0.25) is 0 Å². The van der Waals surface area contributed by atoms with E-state index in [9.17, 15) is 0 Å². The predicted molar refractivity (Wildman–Crippen MR) is 250 cm³/mol. The van der Waals surface area contributed by atoms with Gasteiger partial charge in [0, 0.05) is 65.0 Å². The maximum Gasteiger partial charge on any atom is 0.333 e. The molecule has 1 aliphatic carbocycles. The van der Waals surface area contributed by atoms with Crippen LogP contribution in [-0.4, -0.2) is 11.3 Å². The van der Waals surface area contributed by atoms with Crippen LogP contribution in [0.2, 0.25) is 0 Å². The largest absolute Gasteiger partial charge is 0.455 e. The normalized spacial score (nSPS) is 16.3. The molecule has 0 radical (unpaired) electrons. The van der Waals surface area contributed by atoms with Crippen molar-refractivity contribution in [1.29, 1.82) is 0 Å². The number of hydrogen-bond donors (Lipinski definition) is 0. The molecule has 0 unspecified atom stereocenters. The molecule has 0 fully saturated rings. The Morgan fingerprint density at radius 1 is 0.593 bits per heavy atom. The first-order valence-electron chi connectivity index (χ1n) is 21.0. The summed E-state index contributed by atoms with van der Waals surface area (Å²) < 4.78 is 19.1. The predicted octanol–water partition coefficient (Wildman–Crippen LogP) is 13.9. The van der Waals surface area contributed by atoms with E-state index < -0.39 is 0 Å². The van der Waals surface area contributed by atoms with Gasteiger partial charge in [-0.2, -0.15) is 0 Å². The third-order valence-corrected chi connectivity index (χ3v) is 15.7. The molecule has 6 heterocycles. The fourth-order valence-electron chi connectivity index (χ4n) is 11.6. The highest BCUT2D eigenvalue weighted by molar-refractivity contribution is 7.26. The number of aryl methyl sites for hydroxylation is 1. The summed E-state index contributed by atoms with van der Waals surface area (Å²) in [5.41, 5.74) is 19.2. The highest BCUT2D eigenvalue weighted by atomic mass is 32.1. The standard InChI is InChI=1S/C53H39BN2O2S/c1-28-25-36-37(53(4,5)24-23-52(36,2)3)27-39(28)55-40-26-35-29-13-6-9-18-41(29)57-49(35)44-33-16-12-17-34-46(33)56(47-32-15-7-10-19-42(32)58-50(34)47)54(45(40)44)38-22-21-31-30-14-8-11-20-43(30)59-51(31)48(38)55/h6-22,25-27H,23-24H2,1-5H3. The molecule has 282 valence electrons. The molecule has 59 heavy (non-hydrogen) atoms. The molecule has 6 heteroatoms. The Morgan fingerprint density at radius 3 is 2.08 bits per heavy atom. The number of anilines is 3. The summed E-state index contributed by atoms with van der Waals surface area (Å²) in [5.74, 6) is 0. The first kappa shape index (κ1) is 32.7. The zero-order chi connectivity index (χ0) is 39.3. The zero-order valence-corrected chi connectivity index (χ0v) is 34.5. The Bertz CT molecular complexity index is 3720. The summed E-state index contributed by atoms with van der Waals surface area (Å²) in [5, 5.41) is 7.18. The number of nitrogens with zero attached hydrogens (tertiary/aromatic N) is 2. The van der Waals surface area contributed by atoms with Gasteiger partial charge in [0.15, 0.2) is 5.58 Å². The lowest BCUT2D eigenvalue weighted by atomic mass is 9.45. The van der Waals surface area contributed by atoms with E-state index in [1.807, 2.05) is 11.3 Å². The second kappa shape index (κ2) is 10.7. The van der Waals surface area contributed by atoms with Crippen molar-refractivity contribution >= 4 is 121 Å². The third-order valence-electron chi connectivity index (χ3n) is 14.5. The quantitative estimate of drug-likeness (QED) is 0.156. The van der Waals surface area contributed by atoms with Crippen molar-refractivity contribution in [1.82, 2.24) is 4.48 Å². The Kier molecular flexibility index (Phi) is 5.92. The van der Waals surface area contributed by atoms with Crippen LogP contribution in [0.4, 0.5) is 17.1 Å². The van der Waals surface area contributed by atoms with Gasteiger partial charge in [-0.05, 0) is 101 Å². The molecule has 3 aliphatic rings. The van der Waals surface area contributed by atoms with E-state index in [1.165, 1.54) is 87.9 Å². The summed E-state index contributed by atoms with van der Waals surface area (Å²) in [4.78, 5) is 2.68. The number of fused-ring (bicyclic) bond motifs is 18. The van der Waals surface area contributed by atoms with Gasteiger partial charge < -0.3 is 18.2 Å². The molecular formula is C53H39BN2O2S. The van der Waals surface area contributed by atoms with Crippen LogP contribution in [-0.2, 0) is 10.8 Å². The number of rotatable bonds is 1. The van der Waals surface area contributed by atoms with Crippen molar-refractivity contribution in [3.05, 3.63) is 138 Å². The number of aromatic nitrogens is 1.